The van der Waals surface area contributed by atoms with E-state index in [1.54, 1.807) is 14.2 Å². The summed E-state index contributed by atoms with van der Waals surface area (Å²) in [5.74, 6) is 1.72. The Hall–Kier alpha value is -1.75. The topological polar surface area (TPSA) is 54.9 Å². The number of methoxy groups -OCH3 is 1. The first-order valence-corrected chi connectivity index (χ1v) is 7.51. The van der Waals surface area contributed by atoms with Crippen molar-refractivity contribution in [2.24, 2.45) is 4.99 Å². The van der Waals surface area contributed by atoms with Crippen molar-refractivity contribution in [2.75, 3.05) is 33.9 Å². The SMILES string of the molecule is CN=C(NCCc1ccc(OC)cc1)NCC1CCCO1. The van der Waals surface area contributed by atoms with Crippen LogP contribution in [0.15, 0.2) is 29.3 Å². The molecule has 0 spiro atoms. The van der Waals surface area contributed by atoms with Gasteiger partial charge in [-0.1, -0.05) is 12.1 Å². The Kier molecular flexibility index (Phi) is 6.34. The van der Waals surface area contributed by atoms with E-state index in [0.29, 0.717) is 6.10 Å². The highest BCUT2D eigenvalue weighted by molar-refractivity contribution is 5.79. The van der Waals surface area contributed by atoms with Crippen molar-refractivity contribution in [3.63, 3.8) is 0 Å². The summed E-state index contributed by atoms with van der Waals surface area (Å²) in [6.07, 6.45) is 3.57. The number of nitrogens with one attached hydrogen (secondary N) is 2. The van der Waals surface area contributed by atoms with Gasteiger partial charge in [0.15, 0.2) is 5.96 Å². The third kappa shape index (κ3) is 5.27. The van der Waals surface area contributed by atoms with E-state index >= 15 is 0 Å². The standard InChI is InChI=1S/C16H25N3O2/c1-17-16(19-12-15-4-3-11-21-15)18-10-9-13-5-7-14(20-2)8-6-13/h5-8,15H,3-4,9-12H2,1-2H3,(H2,17,18,19). The van der Waals surface area contributed by atoms with Crippen molar-refractivity contribution in [2.45, 2.75) is 25.4 Å². The normalized spacial score (nSPS) is 18.6. The molecule has 0 bridgehead atoms. The van der Waals surface area contributed by atoms with Gasteiger partial charge in [-0.2, -0.15) is 0 Å². The van der Waals surface area contributed by atoms with Gasteiger partial charge >= 0.3 is 0 Å². The van der Waals surface area contributed by atoms with Gasteiger partial charge < -0.3 is 20.1 Å². The Morgan fingerprint density at radius 1 is 1.33 bits per heavy atom. The van der Waals surface area contributed by atoms with Crippen LogP contribution in [0.4, 0.5) is 0 Å². The highest BCUT2D eigenvalue weighted by Gasteiger charge is 2.15. The van der Waals surface area contributed by atoms with Crippen LogP contribution < -0.4 is 15.4 Å². The number of guanidine groups is 1. The second kappa shape index (κ2) is 8.52. The number of nitrogens with zero attached hydrogens (tertiary/aromatic N) is 1. The van der Waals surface area contributed by atoms with E-state index in [1.165, 1.54) is 5.56 Å². The van der Waals surface area contributed by atoms with Gasteiger partial charge in [0.25, 0.3) is 0 Å². The zero-order chi connectivity index (χ0) is 14.9. The molecule has 2 rings (SSSR count). The minimum Gasteiger partial charge on any atom is -0.497 e. The first-order chi connectivity index (χ1) is 10.3. The Morgan fingerprint density at radius 3 is 2.76 bits per heavy atom. The van der Waals surface area contributed by atoms with Crippen LogP contribution in [-0.2, 0) is 11.2 Å². The molecule has 1 saturated heterocycles. The van der Waals surface area contributed by atoms with Gasteiger partial charge in [-0.15, -0.1) is 0 Å². The smallest absolute Gasteiger partial charge is 0.191 e. The molecule has 5 nitrogen and oxygen atoms in total. The van der Waals surface area contributed by atoms with E-state index in [9.17, 15) is 0 Å². The molecule has 1 aromatic carbocycles. The van der Waals surface area contributed by atoms with Crippen molar-refractivity contribution in [1.82, 2.24) is 10.6 Å². The van der Waals surface area contributed by atoms with Gasteiger partial charge in [0.2, 0.25) is 0 Å². The van der Waals surface area contributed by atoms with Crippen LogP contribution >= 0.6 is 0 Å². The maximum atomic E-state index is 5.59. The average molecular weight is 291 g/mol. The first-order valence-electron chi connectivity index (χ1n) is 7.51. The lowest BCUT2D eigenvalue weighted by Gasteiger charge is -2.15. The van der Waals surface area contributed by atoms with Crippen LogP contribution in [0.2, 0.25) is 0 Å². The Labute approximate surface area is 126 Å². The van der Waals surface area contributed by atoms with E-state index in [-0.39, 0.29) is 0 Å². The van der Waals surface area contributed by atoms with Gasteiger partial charge in [0.1, 0.15) is 5.75 Å². The van der Waals surface area contributed by atoms with Crippen molar-refractivity contribution in [3.8, 4) is 5.75 Å². The number of benzene rings is 1. The quantitative estimate of drug-likeness (QED) is 0.617. The lowest BCUT2D eigenvalue weighted by molar-refractivity contribution is 0.114. The highest BCUT2D eigenvalue weighted by Crippen LogP contribution is 2.11. The number of hydrogen-bond acceptors (Lipinski definition) is 3. The van der Waals surface area contributed by atoms with E-state index in [0.717, 1.165) is 50.7 Å². The zero-order valence-electron chi connectivity index (χ0n) is 12.9. The molecular formula is C16H25N3O2. The predicted octanol–water partition coefficient (Wildman–Crippen LogP) is 1.58. The van der Waals surface area contributed by atoms with Crippen molar-refractivity contribution >= 4 is 5.96 Å². The monoisotopic (exact) mass is 291 g/mol. The molecule has 1 atom stereocenters. The second-order valence-electron chi connectivity index (χ2n) is 5.11. The molecular weight excluding hydrogens is 266 g/mol. The molecule has 5 heteroatoms. The van der Waals surface area contributed by atoms with Gasteiger partial charge in [-0.25, -0.2) is 0 Å². The Balaban J connectivity index is 1.67. The molecule has 0 aromatic heterocycles. The molecule has 1 aromatic rings. The Bertz CT molecular complexity index is 439. The minimum absolute atomic E-state index is 0.324. The van der Waals surface area contributed by atoms with E-state index < -0.39 is 0 Å². The third-order valence-corrected chi connectivity index (χ3v) is 3.61. The van der Waals surface area contributed by atoms with E-state index in [1.807, 2.05) is 12.1 Å². The molecule has 0 radical (unpaired) electrons. The summed E-state index contributed by atoms with van der Waals surface area (Å²) in [5, 5.41) is 6.63. The molecule has 116 valence electrons. The maximum Gasteiger partial charge on any atom is 0.191 e. The molecule has 0 amide bonds. The van der Waals surface area contributed by atoms with E-state index in [4.69, 9.17) is 9.47 Å². The largest absolute Gasteiger partial charge is 0.497 e. The van der Waals surface area contributed by atoms with Gasteiger partial charge in [-0.05, 0) is 37.0 Å². The van der Waals surface area contributed by atoms with Crippen LogP contribution in [0.25, 0.3) is 0 Å². The lowest BCUT2D eigenvalue weighted by Crippen LogP contribution is -2.41. The van der Waals surface area contributed by atoms with Crippen LogP contribution in [0.1, 0.15) is 18.4 Å². The molecule has 1 aliphatic heterocycles. The first kappa shape index (κ1) is 15.6. The van der Waals surface area contributed by atoms with Gasteiger partial charge in [0.05, 0.1) is 13.2 Å². The number of aliphatic imine (C=N–C) groups is 1. The third-order valence-electron chi connectivity index (χ3n) is 3.61. The second-order valence-corrected chi connectivity index (χ2v) is 5.11. The molecule has 0 saturated carbocycles. The fourth-order valence-corrected chi connectivity index (χ4v) is 2.35. The summed E-state index contributed by atoms with van der Waals surface area (Å²) in [4.78, 5) is 4.23. The van der Waals surface area contributed by atoms with Gasteiger partial charge in [-0.3, -0.25) is 4.99 Å². The molecule has 0 aliphatic carbocycles. The summed E-state index contributed by atoms with van der Waals surface area (Å²) in [7, 11) is 3.47. The van der Waals surface area contributed by atoms with Crippen LogP contribution in [0.3, 0.4) is 0 Å². The molecule has 21 heavy (non-hydrogen) atoms. The Morgan fingerprint density at radius 2 is 2.14 bits per heavy atom. The number of rotatable bonds is 6. The molecule has 1 fully saturated rings. The number of ether oxygens (including phenoxy) is 2. The van der Waals surface area contributed by atoms with Crippen LogP contribution in [0, 0.1) is 0 Å². The summed E-state index contributed by atoms with van der Waals surface area (Å²) >= 11 is 0. The molecule has 1 unspecified atom stereocenters. The molecule has 1 aliphatic rings. The zero-order valence-corrected chi connectivity index (χ0v) is 12.9. The van der Waals surface area contributed by atoms with E-state index in [2.05, 4.69) is 27.8 Å². The van der Waals surface area contributed by atoms with Crippen molar-refractivity contribution < 1.29 is 9.47 Å². The van der Waals surface area contributed by atoms with Crippen molar-refractivity contribution in [3.05, 3.63) is 29.8 Å². The van der Waals surface area contributed by atoms with Crippen LogP contribution in [-0.4, -0.2) is 45.9 Å². The predicted molar refractivity (Wildman–Crippen MR) is 85.0 cm³/mol. The fraction of sp³-hybridized carbons (Fsp3) is 0.562. The summed E-state index contributed by atoms with van der Waals surface area (Å²) in [6, 6.07) is 8.14. The highest BCUT2D eigenvalue weighted by atomic mass is 16.5. The lowest BCUT2D eigenvalue weighted by atomic mass is 10.1. The van der Waals surface area contributed by atoms with Gasteiger partial charge in [0, 0.05) is 26.7 Å². The fourth-order valence-electron chi connectivity index (χ4n) is 2.35. The number of hydrogen-bond donors (Lipinski definition) is 2. The molecule has 1 heterocycles. The average Bonchev–Trinajstić information content (AvgIpc) is 3.04. The van der Waals surface area contributed by atoms with Crippen molar-refractivity contribution in [1.29, 1.82) is 0 Å². The molecule has 2 N–H and O–H groups in total. The summed E-state index contributed by atoms with van der Waals surface area (Å²) < 4.78 is 10.7. The summed E-state index contributed by atoms with van der Waals surface area (Å²) in [6.45, 7) is 2.55. The maximum absolute atomic E-state index is 5.59. The minimum atomic E-state index is 0.324. The van der Waals surface area contributed by atoms with Crippen LogP contribution in [0.5, 0.6) is 5.75 Å². The summed E-state index contributed by atoms with van der Waals surface area (Å²) in [5.41, 5.74) is 1.28.